The van der Waals surface area contributed by atoms with E-state index in [1.807, 2.05) is 0 Å². The van der Waals surface area contributed by atoms with E-state index in [0.717, 1.165) is 19.3 Å². The molecule has 0 amide bonds. The highest BCUT2D eigenvalue weighted by molar-refractivity contribution is 5.84. The maximum absolute atomic E-state index is 10.9. The van der Waals surface area contributed by atoms with E-state index in [-0.39, 0.29) is 12.3 Å². The lowest BCUT2D eigenvalue weighted by Gasteiger charge is -2.28. The monoisotopic (exact) mass is 188 g/mol. The molecule has 0 radical (unpaired) electrons. The minimum Gasteiger partial charge on any atom is -0.483 e. The van der Waals surface area contributed by atoms with Gasteiger partial charge in [0.2, 0.25) is 0 Å². The molecule has 0 aromatic carbocycles. The van der Waals surface area contributed by atoms with E-state index in [4.69, 9.17) is 9.90 Å². The molecule has 1 rings (SSSR count). The van der Waals surface area contributed by atoms with Crippen LogP contribution in [0.1, 0.15) is 39.0 Å². The lowest BCUT2D eigenvalue weighted by Crippen LogP contribution is -2.38. The molecule has 4 nitrogen and oxygen atoms in total. The Hall–Kier alpha value is -0.900. The van der Waals surface area contributed by atoms with Crippen LogP contribution in [0.15, 0.2) is 0 Å². The number of hydrogen-bond donors (Lipinski definition) is 2. The van der Waals surface area contributed by atoms with Gasteiger partial charge < -0.3 is 10.2 Å². The smallest absolute Gasteiger partial charge is 0.290 e. The summed E-state index contributed by atoms with van der Waals surface area (Å²) in [5.74, 6) is -0.0628. The van der Waals surface area contributed by atoms with Gasteiger partial charge in [0.1, 0.15) is 5.60 Å². The molecule has 0 aromatic rings. The van der Waals surface area contributed by atoms with Crippen LogP contribution in [0.2, 0.25) is 0 Å². The molecule has 0 bridgehead atoms. The Kier molecular flexibility index (Phi) is 5.30. The molecule has 0 aromatic heterocycles. The highest BCUT2D eigenvalue weighted by Crippen LogP contribution is 2.28. The van der Waals surface area contributed by atoms with Gasteiger partial charge in [-0.15, -0.1) is 0 Å². The van der Waals surface area contributed by atoms with Crippen LogP contribution in [0.5, 0.6) is 0 Å². The average molecular weight is 188 g/mol. The molecule has 0 unspecified atom stereocenters. The number of carboxylic acid groups (broad SMARTS) is 1. The van der Waals surface area contributed by atoms with Crippen LogP contribution in [0, 0.1) is 0 Å². The number of Topliss-reactive ketones (excluding diaryl/α,β-unsaturated/α-hetero) is 1. The normalized spacial score (nSPS) is 19.5. The SMILES string of the molecule is CC(=O)C1(O)CCCCC1.O=CO. The second kappa shape index (κ2) is 5.70. The number of hydrogen-bond acceptors (Lipinski definition) is 3. The molecular weight excluding hydrogens is 172 g/mol. The van der Waals surface area contributed by atoms with E-state index in [9.17, 15) is 9.90 Å². The molecule has 13 heavy (non-hydrogen) atoms. The first kappa shape index (κ1) is 12.1. The Morgan fingerprint density at radius 3 is 1.92 bits per heavy atom. The van der Waals surface area contributed by atoms with Crippen molar-refractivity contribution in [2.45, 2.75) is 44.6 Å². The van der Waals surface area contributed by atoms with Crippen molar-refractivity contribution in [1.29, 1.82) is 0 Å². The Balaban J connectivity index is 0.000000424. The summed E-state index contributed by atoms with van der Waals surface area (Å²) in [7, 11) is 0. The van der Waals surface area contributed by atoms with Crippen molar-refractivity contribution in [2.75, 3.05) is 0 Å². The first-order chi connectivity index (χ1) is 6.06. The van der Waals surface area contributed by atoms with Crippen molar-refractivity contribution < 1.29 is 19.8 Å². The number of ketones is 1. The zero-order valence-electron chi connectivity index (χ0n) is 7.82. The van der Waals surface area contributed by atoms with Gasteiger partial charge >= 0.3 is 0 Å². The first-order valence-electron chi connectivity index (χ1n) is 4.38. The lowest BCUT2D eigenvalue weighted by atomic mass is 9.82. The molecular formula is C9H16O4. The number of carbonyl (C=O) groups excluding carboxylic acids is 1. The zero-order chi connectivity index (χ0) is 10.3. The summed E-state index contributed by atoms with van der Waals surface area (Å²) in [6, 6.07) is 0. The van der Waals surface area contributed by atoms with Crippen LogP contribution >= 0.6 is 0 Å². The fraction of sp³-hybridized carbons (Fsp3) is 0.778. The van der Waals surface area contributed by atoms with Gasteiger partial charge in [0.05, 0.1) is 0 Å². The van der Waals surface area contributed by atoms with Crippen molar-refractivity contribution in [3.05, 3.63) is 0 Å². The van der Waals surface area contributed by atoms with E-state index in [1.54, 1.807) is 0 Å². The summed E-state index contributed by atoms with van der Waals surface area (Å²) in [5, 5.41) is 16.5. The minimum atomic E-state index is -0.960. The Labute approximate surface area is 77.6 Å². The predicted molar refractivity (Wildman–Crippen MR) is 47.4 cm³/mol. The van der Waals surface area contributed by atoms with Crippen LogP contribution in [0.3, 0.4) is 0 Å². The van der Waals surface area contributed by atoms with E-state index < -0.39 is 5.60 Å². The number of rotatable bonds is 1. The largest absolute Gasteiger partial charge is 0.483 e. The third-order valence-electron chi connectivity index (χ3n) is 2.34. The van der Waals surface area contributed by atoms with Gasteiger partial charge in [-0.05, 0) is 19.8 Å². The Bertz CT molecular complexity index is 170. The quantitative estimate of drug-likeness (QED) is 0.601. The van der Waals surface area contributed by atoms with Gasteiger partial charge in [-0.3, -0.25) is 9.59 Å². The molecule has 1 saturated carbocycles. The minimum absolute atomic E-state index is 0.0628. The fourth-order valence-electron chi connectivity index (χ4n) is 1.49. The van der Waals surface area contributed by atoms with Gasteiger partial charge in [-0.2, -0.15) is 0 Å². The highest BCUT2D eigenvalue weighted by atomic mass is 16.3. The zero-order valence-corrected chi connectivity index (χ0v) is 7.82. The third-order valence-corrected chi connectivity index (χ3v) is 2.34. The van der Waals surface area contributed by atoms with Crippen LogP contribution in [0.25, 0.3) is 0 Å². The maximum atomic E-state index is 10.9. The second-order valence-electron chi connectivity index (χ2n) is 3.25. The molecule has 1 aliphatic carbocycles. The van der Waals surface area contributed by atoms with Gasteiger partial charge in [-0.1, -0.05) is 19.3 Å². The fourth-order valence-corrected chi connectivity index (χ4v) is 1.49. The lowest BCUT2D eigenvalue weighted by molar-refractivity contribution is -0.138. The molecule has 2 N–H and O–H groups in total. The maximum Gasteiger partial charge on any atom is 0.290 e. The number of carbonyl (C=O) groups is 2. The van der Waals surface area contributed by atoms with Crippen molar-refractivity contribution in [2.24, 2.45) is 0 Å². The molecule has 76 valence electrons. The number of aliphatic hydroxyl groups is 1. The molecule has 1 fully saturated rings. The van der Waals surface area contributed by atoms with E-state index in [1.165, 1.54) is 6.92 Å². The molecule has 0 aliphatic heterocycles. The average Bonchev–Trinajstić information content (AvgIpc) is 2.07. The van der Waals surface area contributed by atoms with E-state index in [2.05, 4.69) is 0 Å². The Morgan fingerprint density at radius 2 is 1.69 bits per heavy atom. The van der Waals surface area contributed by atoms with Crippen LogP contribution < -0.4 is 0 Å². The summed E-state index contributed by atoms with van der Waals surface area (Å²) < 4.78 is 0. The molecule has 4 heteroatoms. The molecule has 1 aliphatic rings. The summed E-state index contributed by atoms with van der Waals surface area (Å²) in [6.45, 7) is 1.23. The summed E-state index contributed by atoms with van der Waals surface area (Å²) in [6.07, 6.45) is 4.49. The third kappa shape index (κ3) is 4.03. The molecule has 0 saturated heterocycles. The summed E-state index contributed by atoms with van der Waals surface area (Å²) in [5.41, 5.74) is -0.960. The van der Waals surface area contributed by atoms with Crippen molar-refractivity contribution >= 4 is 12.3 Å². The van der Waals surface area contributed by atoms with Gasteiger partial charge in [0.25, 0.3) is 6.47 Å². The van der Waals surface area contributed by atoms with Crippen molar-refractivity contribution in [3.63, 3.8) is 0 Å². The van der Waals surface area contributed by atoms with Crippen LogP contribution in [-0.4, -0.2) is 28.1 Å². The van der Waals surface area contributed by atoms with Gasteiger partial charge in [0, 0.05) is 0 Å². The van der Waals surface area contributed by atoms with Gasteiger partial charge in [0.15, 0.2) is 5.78 Å². The molecule has 0 heterocycles. The van der Waals surface area contributed by atoms with Crippen LogP contribution in [-0.2, 0) is 9.59 Å². The highest BCUT2D eigenvalue weighted by Gasteiger charge is 2.33. The van der Waals surface area contributed by atoms with Gasteiger partial charge in [-0.25, -0.2) is 0 Å². The standard InChI is InChI=1S/C8H14O2.CH2O2/c1-7(9)8(10)5-3-2-4-6-8;2-1-3/h10H,2-6H2,1H3;1H,(H,2,3). The van der Waals surface area contributed by atoms with Crippen molar-refractivity contribution in [3.8, 4) is 0 Å². The van der Waals surface area contributed by atoms with E-state index >= 15 is 0 Å². The van der Waals surface area contributed by atoms with E-state index in [0.29, 0.717) is 12.8 Å². The summed E-state index contributed by atoms with van der Waals surface area (Å²) >= 11 is 0. The summed E-state index contributed by atoms with van der Waals surface area (Å²) in [4.78, 5) is 19.2. The predicted octanol–water partition coefficient (Wildman–Crippen LogP) is 0.971. The topological polar surface area (TPSA) is 74.6 Å². The first-order valence-corrected chi connectivity index (χ1v) is 4.38. The van der Waals surface area contributed by atoms with Crippen molar-refractivity contribution in [1.82, 2.24) is 0 Å². The second-order valence-corrected chi connectivity index (χ2v) is 3.25. The molecule has 0 atom stereocenters. The Morgan fingerprint density at radius 1 is 1.31 bits per heavy atom. The van der Waals surface area contributed by atoms with Crippen LogP contribution in [0.4, 0.5) is 0 Å². The molecule has 0 spiro atoms.